The summed E-state index contributed by atoms with van der Waals surface area (Å²) in [6.45, 7) is -1.14. The molecule has 0 N–H and O–H groups in total. The van der Waals surface area contributed by atoms with Gasteiger partial charge in [-0.1, -0.05) is 15.9 Å². The molecule has 2 aromatic rings. The van der Waals surface area contributed by atoms with Crippen LogP contribution in [0.3, 0.4) is 0 Å². The van der Waals surface area contributed by atoms with Gasteiger partial charge < -0.3 is 4.90 Å². The van der Waals surface area contributed by atoms with Crippen LogP contribution in [-0.2, 0) is 6.67 Å². The maximum Gasteiger partial charge on any atom is 0.284 e. The van der Waals surface area contributed by atoms with Gasteiger partial charge in [0.1, 0.15) is 6.67 Å². The lowest BCUT2D eigenvalue weighted by Gasteiger charge is -2.24. The standard InChI is InChI=1S/C14H9Br3FN3O4/c1-19(14-10(16)2-7(15)3-11(14)17)12-4-8(20(22)23)5-13(21(24)25)9(12)6-18/h2-5H,6H2,1H3. The Hall–Kier alpha value is -1.59. The van der Waals surface area contributed by atoms with Crippen molar-refractivity contribution in [3.8, 4) is 0 Å². The van der Waals surface area contributed by atoms with Gasteiger partial charge >= 0.3 is 0 Å². The molecule has 0 aliphatic rings. The fourth-order valence-corrected chi connectivity index (χ4v) is 5.10. The third-order valence-corrected chi connectivity index (χ3v) is 5.07. The molecule has 132 valence electrons. The molecule has 0 aromatic heterocycles. The maximum absolute atomic E-state index is 13.5. The summed E-state index contributed by atoms with van der Waals surface area (Å²) in [5, 5.41) is 22.3. The summed E-state index contributed by atoms with van der Waals surface area (Å²) in [6, 6.07) is 5.34. The van der Waals surface area contributed by atoms with Gasteiger partial charge in [-0.2, -0.15) is 0 Å². The Kier molecular flexibility index (Phi) is 6.12. The van der Waals surface area contributed by atoms with Crippen LogP contribution in [0.4, 0.5) is 27.1 Å². The Bertz CT molecular complexity index is 856. The molecule has 7 nitrogen and oxygen atoms in total. The first-order chi connectivity index (χ1) is 11.7. The van der Waals surface area contributed by atoms with Crippen molar-refractivity contribution in [1.82, 2.24) is 0 Å². The van der Waals surface area contributed by atoms with Crippen LogP contribution in [0.15, 0.2) is 37.7 Å². The Morgan fingerprint density at radius 2 is 1.60 bits per heavy atom. The molecular weight excluding hydrogens is 533 g/mol. The minimum atomic E-state index is -1.14. The van der Waals surface area contributed by atoms with Gasteiger partial charge in [0.15, 0.2) is 0 Å². The molecular formula is C14H9Br3FN3O4. The van der Waals surface area contributed by atoms with Gasteiger partial charge in [0.05, 0.1) is 32.9 Å². The molecule has 0 fully saturated rings. The summed E-state index contributed by atoms with van der Waals surface area (Å²) in [5.74, 6) is 0. The van der Waals surface area contributed by atoms with Gasteiger partial charge in [0, 0.05) is 26.5 Å². The predicted octanol–water partition coefficient (Wildman–Crippen LogP) is 6.03. The SMILES string of the molecule is CN(c1cc([N+](=O)[O-])cc([N+](=O)[O-])c1CF)c1c(Br)cc(Br)cc1Br. The molecule has 0 spiro atoms. The van der Waals surface area contributed by atoms with Gasteiger partial charge in [0.2, 0.25) is 0 Å². The normalized spacial score (nSPS) is 10.6. The van der Waals surface area contributed by atoms with Gasteiger partial charge in [-0.05, 0) is 44.0 Å². The van der Waals surface area contributed by atoms with E-state index in [0.717, 1.165) is 16.6 Å². The van der Waals surface area contributed by atoms with E-state index in [2.05, 4.69) is 47.8 Å². The molecule has 0 aliphatic carbocycles. The molecule has 2 aromatic carbocycles. The van der Waals surface area contributed by atoms with Crippen molar-refractivity contribution in [2.75, 3.05) is 11.9 Å². The molecule has 25 heavy (non-hydrogen) atoms. The summed E-state index contributed by atoms with van der Waals surface area (Å²) in [5.41, 5.74) is -0.794. The Balaban J connectivity index is 2.77. The molecule has 0 saturated heterocycles. The topological polar surface area (TPSA) is 89.5 Å². The highest BCUT2D eigenvalue weighted by atomic mass is 79.9. The zero-order valence-corrected chi connectivity index (χ0v) is 17.3. The zero-order chi connectivity index (χ0) is 18.9. The van der Waals surface area contributed by atoms with Gasteiger partial charge in [-0.15, -0.1) is 0 Å². The highest BCUT2D eigenvalue weighted by molar-refractivity contribution is 9.11. The maximum atomic E-state index is 13.5. The number of halogens is 4. The molecule has 0 unspecified atom stereocenters. The van der Waals surface area contributed by atoms with Crippen molar-refractivity contribution in [3.05, 3.63) is 63.5 Å². The number of rotatable bonds is 5. The van der Waals surface area contributed by atoms with Gasteiger partial charge in [0.25, 0.3) is 11.4 Å². The fraction of sp³-hybridized carbons (Fsp3) is 0.143. The number of alkyl halides is 1. The molecule has 0 aliphatic heterocycles. The molecule has 11 heteroatoms. The average molecular weight is 542 g/mol. The number of non-ortho nitro benzene ring substituents is 1. The Labute approximate surface area is 166 Å². The van der Waals surface area contributed by atoms with E-state index in [0.29, 0.717) is 14.6 Å². The number of nitro groups is 2. The lowest BCUT2D eigenvalue weighted by Crippen LogP contribution is -2.14. The quantitative estimate of drug-likeness (QED) is 0.341. The predicted molar refractivity (Wildman–Crippen MR) is 102 cm³/mol. The summed E-state index contributed by atoms with van der Waals surface area (Å²) >= 11 is 10.1. The van der Waals surface area contributed by atoms with Crippen LogP contribution < -0.4 is 4.90 Å². The van der Waals surface area contributed by atoms with Gasteiger partial charge in [-0.3, -0.25) is 20.2 Å². The molecule has 0 radical (unpaired) electrons. The zero-order valence-electron chi connectivity index (χ0n) is 12.5. The van der Waals surface area contributed by atoms with Crippen LogP contribution in [0.1, 0.15) is 5.56 Å². The number of anilines is 2. The first-order valence-electron chi connectivity index (χ1n) is 6.57. The average Bonchev–Trinajstić information content (AvgIpc) is 2.52. The molecule has 0 atom stereocenters. The van der Waals surface area contributed by atoms with Crippen molar-refractivity contribution in [1.29, 1.82) is 0 Å². The summed E-state index contributed by atoms with van der Waals surface area (Å²) in [6.07, 6.45) is 0. The second-order valence-electron chi connectivity index (χ2n) is 4.89. The van der Waals surface area contributed by atoms with Crippen LogP contribution in [-0.4, -0.2) is 16.9 Å². The molecule has 0 heterocycles. The van der Waals surface area contributed by atoms with Crippen molar-refractivity contribution in [3.63, 3.8) is 0 Å². The van der Waals surface area contributed by atoms with Crippen molar-refractivity contribution < 1.29 is 14.2 Å². The molecule has 0 saturated carbocycles. The summed E-state index contributed by atoms with van der Waals surface area (Å²) in [7, 11) is 1.54. The second kappa shape index (κ2) is 7.75. The highest BCUT2D eigenvalue weighted by Gasteiger charge is 2.27. The number of nitrogens with zero attached hydrogens (tertiary/aromatic N) is 3. The minimum absolute atomic E-state index is 0.0344. The Morgan fingerprint density at radius 1 is 1.04 bits per heavy atom. The number of nitro benzene ring substituents is 2. The van der Waals surface area contributed by atoms with E-state index in [9.17, 15) is 24.6 Å². The van der Waals surface area contributed by atoms with Crippen molar-refractivity contribution >= 4 is 70.5 Å². The lowest BCUT2D eigenvalue weighted by molar-refractivity contribution is -0.394. The van der Waals surface area contributed by atoms with E-state index in [-0.39, 0.29) is 11.3 Å². The van der Waals surface area contributed by atoms with Crippen LogP contribution in [0.5, 0.6) is 0 Å². The first kappa shape index (κ1) is 19.7. The van der Waals surface area contributed by atoms with E-state index < -0.39 is 27.9 Å². The van der Waals surface area contributed by atoms with Crippen molar-refractivity contribution in [2.24, 2.45) is 0 Å². The molecule has 0 bridgehead atoms. The summed E-state index contributed by atoms with van der Waals surface area (Å²) < 4.78 is 15.5. The van der Waals surface area contributed by atoms with E-state index >= 15 is 0 Å². The molecule has 0 amide bonds. The highest BCUT2D eigenvalue weighted by Crippen LogP contribution is 2.43. The van der Waals surface area contributed by atoms with E-state index in [4.69, 9.17) is 0 Å². The van der Waals surface area contributed by atoms with Crippen LogP contribution in [0.25, 0.3) is 0 Å². The largest absolute Gasteiger partial charge is 0.342 e. The van der Waals surface area contributed by atoms with Crippen molar-refractivity contribution in [2.45, 2.75) is 6.67 Å². The smallest absolute Gasteiger partial charge is 0.284 e. The van der Waals surface area contributed by atoms with E-state index in [1.807, 2.05) is 0 Å². The van der Waals surface area contributed by atoms with E-state index in [1.54, 1.807) is 19.2 Å². The number of hydrogen-bond donors (Lipinski definition) is 0. The molecule has 2 rings (SSSR count). The van der Waals surface area contributed by atoms with E-state index in [1.165, 1.54) is 4.90 Å². The third kappa shape index (κ3) is 3.98. The minimum Gasteiger partial charge on any atom is -0.342 e. The Morgan fingerprint density at radius 3 is 2.04 bits per heavy atom. The summed E-state index contributed by atoms with van der Waals surface area (Å²) in [4.78, 5) is 22.2. The van der Waals surface area contributed by atoms with Crippen LogP contribution in [0, 0.1) is 20.2 Å². The second-order valence-corrected chi connectivity index (χ2v) is 7.51. The first-order valence-corrected chi connectivity index (χ1v) is 8.95. The fourth-order valence-electron chi connectivity index (χ4n) is 2.31. The third-order valence-electron chi connectivity index (χ3n) is 3.41. The number of hydrogen-bond acceptors (Lipinski definition) is 5. The van der Waals surface area contributed by atoms with Crippen LogP contribution in [0.2, 0.25) is 0 Å². The monoisotopic (exact) mass is 539 g/mol. The van der Waals surface area contributed by atoms with Crippen LogP contribution >= 0.6 is 47.8 Å². The lowest BCUT2D eigenvalue weighted by atomic mass is 10.1. The van der Waals surface area contributed by atoms with Gasteiger partial charge in [-0.25, -0.2) is 4.39 Å². The number of benzene rings is 2.